The number of oxazole rings is 1. The highest BCUT2D eigenvalue weighted by Gasteiger charge is 2.18. The highest BCUT2D eigenvalue weighted by atomic mass is 32.1. The summed E-state index contributed by atoms with van der Waals surface area (Å²) in [7, 11) is 0. The Labute approximate surface area is 787 Å². The SMILES string of the molecule is C.C.CC.CC.CC.CC.CC.CC.CC.CC.CC.CC.CC.CC(C)(C)c1nnco1.CC(C)(C)c1nncs1.CC(C)C.CC(C)C.CC(C)C.CC(C)C.CC(C)C.CC(C)C.CC(C)C.CC(C)C.CC(C)C.c1c[nH]cn1.c1cc[nH]c1.c1ccoc1.c1ccsc1.c1cn[nH]c1.c1cnoc1.c1cnsc1.c1cocn1.c1cscn1. The summed E-state index contributed by atoms with van der Waals surface area (Å²) in [5, 5.41) is 33.7. The van der Waals surface area contributed by atoms with Crippen molar-refractivity contribution < 1.29 is 17.8 Å². The van der Waals surface area contributed by atoms with E-state index in [9.17, 15) is 0 Å². The zero-order valence-corrected chi connectivity index (χ0v) is 93.2. The molecule has 0 radical (unpaired) electrons. The van der Waals surface area contributed by atoms with E-state index in [2.05, 4.69) is 286 Å². The molecule has 11 aromatic rings. The molecule has 11 aromatic heterocycles. The van der Waals surface area contributed by atoms with Crippen molar-refractivity contribution >= 4 is 45.5 Å². The van der Waals surface area contributed by atoms with Gasteiger partial charge in [-0.15, -0.1) is 43.1 Å². The normalized spacial score (nSPS) is 7.84. The van der Waals surface area contributed by atoms with Gasteiger partial charge in [0, 0.05) is 71.2 Å². The average molecular weight is 1820 g/mol. The van der Waals surface area contributed by atoms with Gasteiger partial charge < -0.3 is 27.7 Å². The smallest absolute Gasteiger partial charge is 0.221 e. The molecule has 21 heteroatoms. The number of H-pyrrole nitrogens is 3. The number of thiazole rings is 1. The fourth-order valence-corrected chi connectivity index (χ4v) is 4.66. The van der Waals surface area contributed by atoms with Gasteiger partial charge in [-0.05, 0) is 118 Å². The molecular weight excluding hydrogens is 1600 g/mol. The second-order valence-corrected chi connectivity index (χ2v) is 31.4. The van der Waals surface area contributed by atoms with Crippen LogP contribution in [0.4, 0.5) is 0 Å². The van der Waals surface area contributed by atoms with E-state index in [0.29, 0.717) is 5.89 Å². The second kappa shape index (κ2) is 181. The largest absolute Gasteiger partial charge is 0.473 e. The first kappa shape index (κ1) is 174. The van der Waals surface area contributed by atoms with Gasteiger partial charge in [0.1, 0.15) is 23.0 Å². The monoisotopic (exact) mass is 1820 g/mol. The lowest BCUT2D eigenvalue weighted by Gasteiger charge is -2.11. The molecule has 11 heterocycles. The molecule has 0 aliphatic rings. The summed E-state index contributed by atoms with van der Waals surface area (Å²) in [4.78, 5) is 16.6. The van der Waals surface area contributed by atoms with Crippen LogP contribution < -0.4 is 0 Å². The van der Waals surface area contributed by atoms with E-state index >= 15 is 0 Å². The number of imidazole rings is 1. The lowest BCUT2D eigenvalue weighted by atomic mass is 9.97. The summed E-state index contributed by atoms with van der Waals surface area (Å²) in [5.41, 5.74) is 3.71. The first-order valence-electron chi connectivity index (χ1n) is 45.0. The van der Waals surface area contributed by atoms with Crippen molar-refractivity contribution in [3.05, 3.63) is 204 Å². The van der Waals surface area contributed by atoms with E-state index in [1.165, 1.54) is 36.8 Å². The summed E-state index contributed by atoms with van der Waals surface area (Å²) in [5.74, 6) is 8.18. The number of nitrogens with one attached hydrogen (secondary N) is 3. The number of furan rings is 1. The molecule has 0 bridgehead atoms. The lowest BCUT2D eigenvalue weighted by molar-refractivity contribution is 0.392. The van der Waals surface area contributed by atoms with Crippen LogP contribution in [0.5, 0.6) is 0 Å². The van der Waals surface area contributed by atoms with E-state index in [0.717, 1.165) is 58.3 Å². The van der Waals surface area contributed by atoms with Crippen LogP contribution in [0.3, 0.4) is 0 Å². The minimum absolute atomic E-state index is 0. The predicted octanol–water partition coefficient (Wildman–Crippen LogP) is 39.2. The zero-order valence-electron chi connectivity index (χ0n) is 89.9. The van der Waals surface area contributed by atoms with Crippen LogP contribution in [0.15, 0.2) is 211 Å². The fraction of sp³-hybridized carbons (Fsp3) is 0.667. The van der Waals surface area contributed by atoms with E-state index in [4.69, 9.17) is 4.42 Å². The van der Waals surface area contributed by atoms with Gasteiger partial charge in [-0.2, -0.15) is 16.4 Å². The maximum absolute atomic E-state index is 4.98. The molecule has 17 nitrogen and oxygen atoms in total. The van der Waals surface area contributed by atoms with Crippen LogP contribution >= 0.6 is 45.5 Å². The molecule has 0 aromatic carbocycles. The van der Waals surface area contributed by atoms with Gasteiger partial charge >= 0.3 is 0 Å². The number of rotatable bonds is 0. The summed E-state index contributed by atoms with van der Waals surface area (Å²) >= 11 is 6.39. The molecule has 0 saturated carbocycles. The third-order valence-electron chi connectivity index (χ3n) is 5.55. The molecule has 0 amide bonds. The number of hydrogen-bond acceptors (Lipinski definition) is 18. The Hall–Kier alpha value is -6.94. The van der Waals surface area contributed by atoms with Gasteiger partial charge in [0.25, 0.3) is 0 Å². The molecule has 0 unspecified atom stereocenters. The van der Waals surface area contributed by atoms with Crippen LogP contribution in [-0.4, -0.2) is 65.0 Å². The fourth-order valence-electron chi connectivity index (χ4n) is 2.86. The molecule has 0 spiro atoms. The average Bonchev–Trinajstić information content (AvgIpc) is 1.78. The molecule has 3 N–H and O–H groups in total. The molecule has 0 fully saturated rings. The number of hydrogen-bond donors (Lipinski definition) is 3. The number of aromatic amines is 3. The molecule has 738 valence electrons. The third-order valence-corrected chi connectivity index (χ3v) is 8.34. The minimum Gasteiger partial charge on any atom is -0.473 e. The van der Waals surface area contributed by atoms with Crippen LogP contribution in [0, 0.1) is 53.3 Å². The van der Waals surface area contributed by atoms with Crippen molar-refractivity contribution in [2.75, 3.05) is 0 Å². The maximum Gasteiger partial charge on any atom is 0.221 e. The van der Waals surface area contributed by atoms with Gasteiger partial charge in [0.05, 0.1) is 36.8 Å². The highest BCUT2D eigenvalue weighted by Crippen LogP contribution is 2.22. The first-order valence-corrected chi connectivity index (χ1v) is 48.6. The van der Waals surface area contributed by atoms with E-state index in [1.54, 1.807) is 120 Å². The topological polar surface area (TPSA) is 229 Å². The van der Waals surface area contributed by atoms with E-state index in [1.807, 2.05) is 256 Å². The summed E-state index contributed by atoms with van der Waals surface area (Å²) in [6, 6.07) is 17.1. The number of thiophene rings is 1. The van der Waals surface area contributed by atoms with Gasteiger partial charge in [0.15, 0.2) is 6.39 Å². The maximum atomic E-state index is 4.98. The highest BCUT2D eigenvalue weighted by molar-refractivity contribution is 7.09. The molecule has 0 saturated heterocycles. The van der Waals surface area contributed by atoms with Crippen molar-refractivity contribution in [1.82, 2.24) is 65.0 Å². The van der Waals surface area contributed by atoms with Gasteiger partial charge in [-0.1, -0.05) is 413 Å². The Bertz CT molecular complexity index is 1990. The van der Waals surface area contributed by atoms with Crippen molar-refractivity contribution in [2.24, 2.45) is 53.3 Å². The Morgan fingerprint density at radius 3 is 0.837 bits per heavy atom. The summed E-state index contributed by atoms with van der Waals surface area (Å²) in [6.07, 6.45) is 28.0. The Balaban J connectivity index is -0.0000000433. The molecule has 0 aliphatic carbocycles. The lowest BCUT2D eigenvalue weighted by Crippen LogP contribution is -2.11. The molecule has 11 rings (SSSR count). The number of nitrogens with zero attached hydrogens (tertiary/aromatic N) is 10. The van der Waals surface area contributed by atoms with E-state index in [-0.39, 0.29) is 25.7 Å². The Morgan fingerprint density at radius 1 is 0.317 bits per heavy atom. The van der Waals surface area contributed by atoms with Crippen molar-refractivity contribution in [2.45, 2.75) is 406 Å². The predicted molar refractivity (Wildman–Crippen MR) is 573 cm³/mol. The Kier molecular flexibility index (Phi) is 255. The summed E-state index contributed by atoms with van der Waals surface area (Å²) < 4.78 is 22.1. The van der Waals surface area contributed by atoms with Crippen LogP contribution in [0.2, 0.25) is 0 Å². The summed E-state index contributed by atoms with van der Waals surface area (Å²) in [6.45, 7) is 115. The molecular formula is C102H217N13O4S4. The van der Waals surface area contributed by atoms with Gasteiger partial charge in [0.2, 0.25) is 12.3 Å². The molecule has 0 atom stereocenters. The zero-order chi connectivity index (χ0) is 99.8. The van der Waals surface area contributed by atoms with Crippen LogP contribution in [0.25, 0.3) is 0 Å². The van der Waals surface area contributed by atoms with Gasteiger partial charge in [-0.3, -0.25) is 10.1 Å². The molecule has 123 heavy (non-hydrogen) atoms. The first-order chi connectivity index (χ1) is 57.3. The quantitative estimate of drug-likeness (QED) is 0.128. The molecule has 0 aliphatic heterocycles. The third kappa shape index (κ3) is 358. The van der Waals surface area contributed by atoms with Crippen molar-refractivity contribution in [3.8, 4) is 0 Å². The van der Waals surface area contributed by atoms with Crippen LogP contribution in [-0.2, 0) is 10.8 Å². The second-order valence-electron chi connectivity index (χ2n) is 28.3. The van der Waals surface area contributed by atoms with Crippen molar-refractivity contribution in [1.29, 1.82) is 0 Å². The van der Waals surface area contributed by atoms with Crippen molar-refractivity contribution in [3.63, 3.8) is 0 Å². The van der Waals surface area contributed by atoms with Crippen LogP contribution in [0.1, 0.15) is 407 Å². The van der Waals surface area contributed by atoms with E-state index < -0.39 is 0 Å². The standard InChI is InChI=1S/C6H10N2O.C6H10N2S.C4H5N.C4H4O.C4H4S.9C4H10.2C3H4N2.2C3H3NO.2C3H3NS.11C2H6.2CH4/c2*1-6(2,3)5-8-7-4-9-5;3*1-2-4-5-3-1;9*1-4(2)3;1-2-5-3-4-1;1-2-4-5-3-1;1-2-5-3-4-1;1-2-4-5-3-1;1-2-5-3-4-1;1-2-4-5-3-1;11*1-2;;/h2*4H,1-3H3;1-5H;2*1-4H;9*4H,1-3H3;2*1-3H,(H,4,5);4*1-3H;11*1-2H3;2*1H4. The van der Waals surface area contributed by atoms with Gasteiger partial charge in [-0.25, -0.2) is 14.3 Å². The number of aromatic nitrogens is 13. The minimum atomic E-state index is -0.0174. The Morgan fingerprint density at radius 2 is 0.732 bits per heavy atom.